The van der Waals surface area contributed by atoms with Crippen LogP contribution in [0, 0.1) is 11.6 Å². The Morgan fingerprint density at radius 2 is 1.94 bits per heavy atom. The van der Waals surface area contributed by atoms with Crippen LogP contribution in [0.1, 0.15) is 29.0 Å². The maximum atomic E-state index is 14.5. The number of aromatic nitrogens is 1. The highest BCUT2D eigenvalue weighted by molar-refractivity contribution is 6.30. The summed E-state index contributed by atoms with van der Waals surface area (Å²) in [5.41, 5.74) is 16.1. The van der Waals surface area contributed by atoms with E-state index in [1.54, 1.807) is 30.3 Å². The van der Waals surface area contributed by atoms with Gasteiger partial charge in [0.25, 0.3) is 0 Å². The number of rotatable bonds is 10. The number of nitrogens with zero attached hydrogens (tertiary/aromatic N) is 4. The van der Waals surface area contributed by atoms with E-state index in [1.165, 1.54) is 24.4 Å². The smallest absolute Gasteiger partial charge is 0.234 e. The predicted octanol–water partition coefficient (Wildman–Crippen LogP) is 4.71. The van der Waals surface area contributed by atoms with Crippen LogP contribution in [0.5, 0.6) is 0 Å². The van der Waals surface area contributed by atoms with Crippen molar-refractivity contribution >= 4 is 23.2 Å². The van der Waals surface area contributed by atoms with Gasteiger partial charge in [-0.15, -0.1) is 0 Å². The lowest BCUT2D eigenvalue weighted by Gasteiger charge is -2.25. The molecule has 0 spiro atoms. The summed E-state index contributed by atoms with van der Waals surface area (Å²) in [6, 6.07) is 10.2. The lowest BCUT2D eigenvalue weighted by molar-refractivity contribution is -0.117. The molecular weight excluding hydrogens is 478 g/mol. The van der Waals surface area contributed by atoms with E-state index in [0.29, 0.717) is 16.1 Å². The monoisotopic (exact) mass is 500 g/mol. The molecule has 0 bridgehead atoms. The number of nitrogens with one attached hydrogen (secondary N) is 1. The number of benzene rings is 2. The van der Waals surface area contributed by atoms with Crippen molar-refractivity contribution in [3.8, 4) is 0 Å². The van der Waals surface area contributed by atoms with Crippen LogP contribution in [0.3, 0.4) is 0 Å². The second-order valence-corrected chi connectivity index (χ2v) is 8.29. The Labute approximate surface area is 205 Å². The average molecular weight is 501 g/mol. The molecule has 0 aliphatic carbocycles. The van der Waals surface area contributed by atoms with Gasteiger partial charge in [0.15, 0.2) is 0 Å². The minimum Gasteiger partial charge on any atom is -0.395 e. The fourth-order valence-electron chi connectivity index (χ4n) is 3.70. The Morgan fingerprint density at radius 3 is 2.60 bits per heavy atom. The Hall–Kier alpha value is -3.56. The van der Waals surface area contributed by atoms with Crippen LogP contribution in [-0.4, -0.2) is 34.7 Å². The number of halogens is 3. The number of nitrogens with two attached hydrogens (primary N) is 1. The van der Waals surface area contributed by atoms with E-state index in [0.717, 1.165) is 6.20 Å². The van der Waals surface area contributed by atoms with Gasteiger partial charge in [-0.1, -0.05) is 41.0 Å². The van der Waals surface area contributed by atoms with Gasteiger partial charge in [0.1, 0.15) is 17.7 Å². The highest BCUT2D eigenvalue weighted by Gasteiger charge is 2.31. The molecule has 1 heterocycles. The first-order valence-electron chi connectivity index (χ1n) is 10.7. The van der Waals surface area contributed by atoms with E-state index in [4.69, 9.17) is 22.4 Å². The van der Waals surface area contributed by atoms with Crippen LogP contribution in [0.4, 0.5) is 14.5 Å². The topological polar surface area (TPSA) is 137 Å². The van der Waals surface area contributed by atoms with Gasteiger partial charge < -0.3 is 16.2 Å². The summed E-state index contributed by atoms with van der Waals surface area (Å²) in [6.07, 6.45) is 2.66. The number of pyridine rings is 1. The van der Waals surface area contributed by atoms with Crippen molar-refractivity contribution in [2.24, 2.45) is 10.8 Å². The van der Waals surface area contributed by atoms with E-state index in [1.807, 2.05) is 0 Å². The molecule has 35 heavy (non-hydrogen) atoms. The molecule has 0 aliphatic heterocycles. The molecule has 182 valence electrons. The lowest BCUT2D eigenvalue weighted by Crippen LogP contribution is -2.33. The van der Waals surface area contributed by atoms with Crippen LogP contribution in [-0.2, 0) is 11.2 Å². The van der Waals surface area contributed by atoms with Gasteiger partial charge in [-0.05, 0) is 53.8 Å². The molecule has 4 N–H and O–H groups in total. The molecule has 0 fully saturated rings. The molecule has 1 unspecified atom stereocenters. The van der Waals surface area contributed by atoms with Gasteiger partial charge in [0.05, 0.1) is 24.7 Å². The van der Waals surface area contributed by atoms with Crippen molar-refractivity contribution in [2.45, 2.75) is 30.8 Å². The second kappa shape index (κ2) is 12.2. The molecule has 1 aromatic heterocycles. The molecule has 11 heteroatoms. The van der Waals surface area contributed by atoms with Crippen LogP contribution in [0.15, 0.2) is 66.0 Å². The number of hydrogen-bond acceptors (Lipinski definition) is 5. The molecule has 0 saturated heterocycles. The van der Waals surface area contributed by atoms with Crippen molar-refractivity contribution in [3.05, 3.63) is 105 Å². The zero-order valence-corrected chi connectivity index (χ0v) is 19.2. The van der Waals surface area contributed by atoms with Crippen LogP contribution in [0.25, 0.3) is 10.4 Å². The number of carbonyl (C=O) groups is 1. The number of carbonyl (C=O) groups excluding carboxylic acids is 1. The van der Waals surface area contributed by atoms with Gasteiger partial charge in [-0.25, -0.2) is 8.78 Å². The second-order valence-electron chi connectivity index (χ2n) is 7.85. The fourth-order valence-corrected chi connectivity index (χ4v) is 3.83. The quantitative estimate of drug-likeness (QED) is 0.211. The number of amides is 1. The normalized spacial score (nSPS) is 13.4. The van der Waals surface area contributed by atoms with Crippen molar-refractivity contribution in [1.82, 2.24) is 4.98 Å². The average Bonchev–Trinajstić information content (AvgIpc) is 2.84. The zero-order chi connectivity index (χ0) is 25.4. The number of aliphatic hydroxyl groups is 1. The fraction of sp³-hybridized carbons (Fsp3) is 0.250. The minimum atomic E-state index is -1.36. The van der Waals surface area contributed by atoms with E-state index in [2.05, 4.69) is 20.3 Å². The summed E-state index contributed by atoms with van der Waals surface area (Å²) < 4.78 is 28.6. The van der Waals surface area contributed by atoms with Gasteiger partial charge >= 0.3 is 0 Å². The Kier molecular flexibility index (Phi) is 9.11. The standard InChI is InChI=1S/C24H23ClF2N6O2/c25-16-6-4-14(5-7-16)22(15-2-1-3-17(26)10-15)23(32-33-29)24(35)31-21-12-30-11-20(27)19(21)9-8-18(28)13-34/h1-7,10-12,18,22-23,34H,8-9,13,28H2,(H,31,35)/t18?,22-,23-/m0/s1. The lowest BCUT2D eigenvalue weighted by atomic mass is 9.84. The predicted molar refractivity (Wildman–Crippen MR) is 129 cm³/mol. The summed E-state index contributed by atoms with van der Waals surface area (Å²) in [6.45, 7) is -0.274. The zero-order valence-electron chi connectivity index (χ0n) is 18.5. The largest absolute Gasteiger partial charge is 0.395 e. The third-order valence-electron chi connectivity index (χ3n) is 5.46. The van der Waals surface area contributed by atoms with Crippen LogP contribution in [0.2, 0.25) is 5.02 Å². The summed E-state index contributed by atoms with van der Waals surface area (Å²) in [4.78, 5) is 20.0. The maximum Gasteiger partial charge on any atom is 0.234 e. The Balaban J connectivity index is 2.01. The maximum absolute atomic E-state index is 14.5. The first-order valence-corrected chi connectivity index (χ1v) is 11.1. The van der Waals surface area contributed by atoms with Crippen molar-refractivity contribution in [2.75, 3.05) is 11.9 Å². The molecule has 1 amide bonds. The SMILES string of the molecule is [N-]=[N+]=N[C@H](C(=O)Nc1cncc(F)c1CCC(N)CO)[C@@H](c1ccc(Cl)cc1)c1cccc(F)c1. The van der Waals surface area contributed by atoms with E-state index >= 15 is 0 Å². The third kappa shape index (κ3) is 6.74. The first kappa shape index (κ1) is 26.1. The summed E-state index contributed by atoms with van der Waals surface area (Å²) in [7, 11) is 0. The van der Waals surface area contributed by atoms with Crippen molar-refractivity contribution in [3.63, 3.8) is 0 Å². The van der Waals surface area contributed by atoms with Gasteiger partial charge in [-0.3, -0.25) is 9.78 Å². The molecular formula is C24H23ClF2N6O2. The molecule has 0 radical (unpaired) electrons. The molecule has 3 atom stereocenters. The highest BCUT2D eigenvalue weighted by atomic mass is 35.5. The third-order valence-corrected chi connectivity index (χ3v) is 5.71. The minimum absolute atomic E-state index is 0.0763. The molecule has 3 rings (SSSR count). The Bertz CT molecular complexity index is 1220. The molecule has 3 aromatic rings. The summed E-state index contributed by atoms with van der Waals surface area (Å²) in [5.74, 6) is -2.80. The number of anilines is 1. The van der Waals surface area contributed by atoms with Crippen molar-refractivity contribution in [1.29, 1.82) is 0 Å². The van der Waals surface area contributed by atoms with E-state index < -0.39 is 35.5 Å². The van der Waals surface area contributed by atoms with Crippen LogP contribution >= 0.6 is 11.6 Å². The first-order chi connectivity index (χ1) is 16.8. The summed E-state index contributed by atoms with van der Waals surface area (Å²) >= 11 is 6.00. The number of hydrogen-bond donors (Lipinski definition) is 3. The van der Waals surface area contributed by atoms with Crippen LogP contribution < -0.4 is 11.1 Å². The highest BCUT2D eigenvalue weighted by Crippen LogP contribution is 2.33. The molecule has 2 aromatic carbocycles. The number of aliphatic hydroxyl groups excluding tert-OH is 1. The van der Waals surface area contributed by atoms with Gasteiger partial charge in [0.2, 0.25) is 5.91 Å². The van der Waals surface area contributed by atoms with Gasteiger partial charge in [0, 0.05) is 27.5 Å². The van der Waals surface area contributed by atoms with E-state index in [-0.39, 0.29) is 30.7 Å². The Morgan fingerprint density at radius 1 is 1.20 bits per heavy atom. The van der Waals surface area contributed by atoms with E-state index in [9.17, 15) is 19.1 Å². The van der Waals surface area contributed by atoms with Gasteiger partial charge in [-0.2, -0.15) is 0 Å². The molecule has 0 saturated carbocycles. The summed E-state index contributed by atoms with van der Waals surface area (Å²) in [5, 5.41) is 15.9. The molecule has 0 aliphatic rings. The molecule has 8 nitrogen and oxygen atoms in total. The number of azide groups is 1. The van der Waals surface area contributed by atoms with Crippen molar-refractivity contribution < 1.29 is 18.7 Å².